The van der Waals surface area contributed by atoms with Crippen molar-refractivity contribution in [1.82, 2.24) is 9.97 Å². The van der Waals surface area contributed by atoms with Crippen LogP contribution in [0.4, 0.5) is 14.5 Å². The van der Waals surface area contributed by atoms with E-state index in [4.69, 9.17) is 16.7 Å². The van der Waals surface area contributed by atoms with Crippen molar-refractivity contribution in [2.24, 2.45) is 0 Å². The summed E-state index contributed by atoms with van der Waals surface area (Å²) in [5.74, 6) is -4.39. The third-order valence-electron chi connectivity index (χ3n) is 2.31. The van der Waals surface area contributed by atoms with Crippen molar-refractivity contribution >= 4 is 29.2 Å². The number of amides is 1. The Morgan fingerprint density at radius 2 is 2.05 bits per heavy atom. The lowest BCUT2D eigenvalue weighted by atomic mass is 10.2. The van der Waals surface area contributed by atoms with Crippen LogP contribution in [0.25, 0.3) is 0 Å². The van der Waals surface area contributed by atoms with Gasteiger partial charge in [0.1, 0.15) is 5.82 Å². The molecule has 1 aromatic heterocycles. The molecule has 1 heterocycles. The minimum Gasteiger partial charge on any atom is -0.477 e. The van der Waals surface area contributed by atoms with Gasteiger partial charge in [-0.2, -0.15) is 0 Å². The Morgan fingerprint density at radius 3 is 2.65 bits per heavy atom. The van der Waals surface area contributed by atoms with Crippen LogP contribution >= 0.6 is 11.6 Å². The number of carbonyl (C=O) groups excluding carboxylic acids is 1. The van der Waals surface area contributed by atoms with Crippen LogP contribution in [0.3, 0.4) is 0 Å². The summed E-state index contributed by atoms with van der Waals surface area (Å²) in [6.45, 7) is 0. The van der Waals surface area contributed by atoms with Gasteiger partial charge in [-0.15, -0.1) is 0 Å². The van der Waals surface area contributed by atoms with E-state index in [2.05, 4.69) is 9.97 Å². The maximum Gasteiger partial charge on any atom is 0.354 e. The largest absolute Gasteiger partial charge is 0.477 e. The lowest BCUT2D eigenvalue weighted by Gasteiger charge is -2.07. The van der Waals surface area contributed by atoms with Crippen LogP contribution in [-0.4, -0.2) is 27.0 Å². The number of nitrogens with one attached hydrogen (secondary N) is 2. The maximum absolute atomic E-state index is 13.5. The SMILES string of the molecule is O=C(Nc1c(F)cc(F)cc1Cl)c1nc[nH]c1C(=O)O. The second-order valence-corrected chi connectivity index (χ2v) is 4.04. The molecule has 0 aliphatic carbocycles. The van der Waals surface area contributed by atoms with Crippen molar-refractivity contribution in [3.05, 3.63) is 46.5 Å². The molecule has 20 heavy (non-hydrogen) atoms. The molecule has 9 heteroatoms. The van der Waals surface area contributed by atoms with Crippen LogP contribution in [-0.2, 0) is 0 Å². The first kappa shape index (κ1) is 13.9. The summed E-state index contributed by atoms with van der Waals surface area (Å²) < 4.78 is 26.3. The molecule has 0 unspecified atom stereocenters. The van der Waals surface area contributed by atoms with Crippen molar-refractivity contribution in [3.8, 4) is 0 Å². The molecule has 104 valence electrons. The number of carbonyl (C=O) groups is 2. The number of halogens is 3. The zero-order valence-corrected chi connectivity index (χ0v) is 10.3. The highest BCUT2D eigenvalue weighted by atomic mass is 35.5. The van der Waals surface area contributed by atoms with E-state index in [1.165, 1.54) is 0 Å². The quantitative estimate of drug-likeness (QED) is 0.810. The van der Waals surface area contributed by atoms with Crippen LogP contribution in [0.15, 0.2) is 18.5 Å². The fourth-order valence-electron chi connectivity index (χ4n) is 1.46. The minimum absolute atomic E-state index is 0.358. The summed E-state index contributed by atoms with van der Waals surface area (Å²) in [5.41, 5.74) is -1.36. The number of hydrogen-bond donors (Lipinski definition) is 3. The lowest BCUT2D eigenvalue weighted by molar-refractivity contribution is 0.0686. The smallest absolute Gasteiger partial charge is 0.354 e. The molecule has 1 aromatic carbocycles. The molecule has 3 N–H and O–H groups in total. The standard InChI is InChI=1S/C11H6ClF2N3O3/c12-5-1-4(13)2-6(14)7(5)17-10(18)8-9(11(19)20)16-3-15-8/h1-3H,(H,15,16)(H,17,18)(H,19,20). The normalized spacial score (nSPS) is 10.3. The molecular formula is C11H6ClF2N3O3. The zero-order valence-electron chi connectivity index (χ0n) is 9.58. The first-order chi connectivity index (χ1) is 9.40. The Morgan fingerprint density at radius 1 is 1.35 bits per heavy atom. The summed E-state index contributed by atoms with van der Waals surface area (Å²) in [4.78, 5) is 28.4. The number of aromatic amines is 1. The second-order valence-electron chi connectivity index (χ2n) is 3.63. The fourth-order valence-corrected chi connectivity index (χ4v) is 1.71. The van der Waals surface area contributed by atoms with Crippen LogP contribution in [0.5, 0.6) is 0 Å². The average molecular weight is 302 g/mol. The Hall–Kier alpha value is -2.48. The summed E-state index contributed by atoms with van der Waals surface area (Å²) >= 11 is 5.60. The number of anilines is 1. The molecule has 0 spiro atoms. The number of H-pyrrole nitrogens is 1. The molecule has 0 aliphatic heterocycles. The molecule has 2 aromatic rings. The molecule has 0 saturated heterocycles. The van der Waals surface area contributed by atoms with Gasteiger partial charge in [-0.05, 0) is 6.07 Å². The molecule has 0 radical (unpaired) electrons. The van der Waals surface area contributed by atoms with E-state index in [1.54, 1.807) is 0 Å². The third kappa shape index (κ3) is 2.59. The fraction of sp³-hybridized carbons (Fsp3) is 0. The average Bonchev–Trinajstić information content (AvgIpc) is 2.82. The number of imidazole rings is 1. The highest BCUT2D eigenvalue weighted by Gasteiger charge is 2.22. The molecule has 2 rings (SSSR count). The van der Waals surface area contributed by atoms with E-state index < -0.39 is 40.6 Å². The Balaban J connectivity index is 2.33. The predicted molar refractivity (Wildman–Crippen MR) is 64.9 cm³/mol. The van der Waals surface area contributed by atoms with Crippen molar-refractivity contribution in [1.29, 1.82) is 0 Å². The van der Waals surface area contributed by atoms with Gasteiger partial charge < -0.3 is 15.4 Å². The Kier molecular flexibility index (Phi) is 3.66. The number of nitrogens with zero attached hydrogens (tertiary/aromatic N) is 1. The number of benzene rings is 1. The van der Waals surface area contributed by atoms with E-state index in [0.29, 0.717) is 6.07 Å². The van der Waals surface area contributed by atoms with E-state index in [9.17, 15) is 18.4 Å². The molecule has 0 aliphatic rings. The van der Waals surface area contributed by atoms with Gasteiger partial charge in [0.15, 0.2) is 17.2 Å². The van der Waals surface area contributed by atoms with Crippen LogP contribution in [0.2, 0.25) is 5.02 Å². The van der Waals surface area contributed by atoms with Gasteiger partial charge in [0, 0.05) is 6.07 Å². The molecule has 0 bridgehead atoms. The molecule has 0 fully saturated rings. The number of carboxylic acids is 1. The molecule has 1 amide bonds. The highest BCUT2D eigenvalue weighted by molar-refractivity contribution is 6.34. The van der Waals surface area contributed by atoms with Crippen molar-refractivity contribution < 1.29 is 23.5 Å². The van der Waals surface area contributed by atoms with Crippen molar-refractivity contribution in [2.75, 3.05) is 5.32 Å². The topological polar surface area (TPSA) is 95.1 Å². The minimum atomic E-state index is -1.40. The molecule has 0 saturated carbocycles. The Labute approximate surface area is 115 Å². The second kappa shape index (κ2) is 5.25. The first-order valence-corrected chi connectivity index (χ1v) is 5.50. The van der Waals surface area contributed by atoms with E-state index in [-0.39, 0.29) is 5.02 Å². The summed E-state index contributed by atoms with van der Waals surface area (Å²) in [6.07, 6.45) is 1.00. The van der Waals surface area contributed by atoms with Gasteiger partial charge in [-0.25, -0.2) is 18.6 Å². The molecule has 0 atom stereocenters. The summed E-state index contributed by atoms with van der Waals surface area (Å²) in [5, 5.41) is 10.5. The van der Waals surface area contributed by atoms with Crippen LogP contribution in [0, 0.1) is 11.6 Å². The lowest BCUT2D eigenvalue weighted by Crippen LogP contribution is -2.17. The predicted octanol–water partition coefficient (Wildman–Crippen LogP) is 2.29. The monoisotopic (exact) mass is 301 g/mol. The number of aromatic nitrogens is 2. The van der Waals surface area contributed by atoms with Gasteiger partial charge in [0.05, 0.1) is 17.0 Å². The van der Waals surface area contributed by atoms with Crippen molar-refractivity contribution in [2.45, 2.75) is 0 Å². The van der Waals surface area contributed by atoms with Crippen molar-refractivity contribution in [3.63, 3.8) is 0 Å². The Bertz CT molecular complexity index is 679. The maximum atomic E-state index is 13.5. The highest BCUT2D eigenvalue weighted by Crippen LogP contribution is 2.26. The molecular weight excluding hydrogens is 296 g/mol. The third-order valence-corrected chi connectivity index (χ3v) is 2.61. The summed E-state index contributed by atoms with van der Waals surface area (Å²) in [6, 6.07) is 1.34. The van der Waals surface area contributed by atoms with E-state index in [1.807, 2.05) is 5.32 Å². The number of rotatable bonds is 3. The van der Waals surface area contributed by atoms with E-state index >= 15 is 0 Å². The first-order valence-electron chi connectivity index (χ1n) is 5.12. The van der Waals surface area contributed by atoms with Gasteiger partial charge in [-0.1, -0.05) is 11.6 Å². The van der Waals surface area contributed by atoms with Crippen LogP contribution < -0.4 is 5.32 Å². The summed E-state index contributed by atoms with van der Waals surface area (Å²) in [7, 11) is 0. The number of carboxylic acid groups (broad SMARTS) is 1. The molecule has 6 nitrogen and oxygen atoms in total. The number of aromatic carboxylic acids is 1. The van der Waals surface area contributed by atoms with Gasteiger partial charge in [0.25, 0.3) is 5.91 Å². The van der Waals surface area contributed by atoms with Gasteiger partial charge >= 0.3 is 5.97 Å². The zero-order chi connectivity index (χ0) is 14.9. The van der Waals surface area contributed by atoms with E-state index in [0.717, 1.165) is 12.4 Å². The number of hydrogen-bond acceptors (Lipinski definition) is 3. The van der Waals surface area contributed by atoms with Crippen LogP contribution in [0.1, 0.15) is 21.0 Å². The van der Waals surface area contributed by atoms with Gasteiger partial charge in [-0.3, -0.25) is 4.79 Å². The van der Waals surface area contributed by atoms with Gasteiger partial charge in [0.2, 0.25) is 0 Å².